The van der Waals surface area contributed by atoms with Gasteiger partial charge in [0.05, 0.1) is 12.7 Å². The second-order valence-corrected chi connectivity index (χ2v) is 7.79. The van der Waals surface area contributed by atoms with Crippen LogP contribution in [-0.2, 0) is 12.8 Å². The summed E-state index contributed by atoms with van der Waals surface area (Å²) >= 11 is 6.51. The maximum atomic E-state index is 13.0. The zero-order chi connectivity index (χ0) is 22.7. The van der Waals surface area contributed by atoms with Gasteiger partial charge in [-0.1, -0.05) is 61.8 Å². The van der Waals surface area contributed by atoms with E-state index < -0.39 is 0 Å². The number of rotatable bonds is 6. The van der Waals surface area contributed by atoms with E-state index in [-0.39, 0.29) is 6.03 Å². The number of benzene rings is 3. The number of halogens is 1. The maximum absolute atomic E-state index is 13.0. The minimum Gasteiger partial charge on any atom is -0.497 e. The standard InChI is InChI=1S/C26H25ClN2O3/c1-4-16-9-8-10-17(5-2)24(16)28-26(30)29-25-23(19-11-6-7-12-21(19)27)20-15-18(31-3)13-14-22(20)32-25/h6-15H,4-5H2,1-3H3,(H2,28,29,30). The van der Waals surface area contributed by atoms with Crippen molar-refractivity contribution in [3.63, 3.8) is 0 Å². The van der Waals surface area contributed by atoms with Crippen molar-refractivity contribution in [2.75, 3.05) is 17.7 Å². The second-order valence-electron chi connectivity index (χ2n) is 7.39. The molecule has 0 saturated heterocycles. The number of urea groups is 1. The molecule has 32 heavy (non-hydrogen) atoms. The molecule has 3 aromatic carbocycles. The van der Waals surface area contributed by atoms with Crippen LogP contribution in [0, 0.1) is 0 Å². The van der Waals surface area contributed by atoms with Crippen LogP contribution in [0.3, 0.4) is 0 Å². The van der Waals surface area contributed by atoms with Gasteiger partial charge in [0.15, 0.2) is 0 Å². The first-order chi connectivity index (χ1) is 15.5. The van der Waals surface area contributed by atoms with Gasteiger partial charge in [-0.15, -0.1) is 0 Å². The number of hydrogen-bond acceptors (Lipinski definition) is 3. The highest BCUT2D eigenvalue weighted by molar-refractivity contribution is 6.34. The van der Waals surface area contributed by atoms with Crippen molar-refractivity contribution in [2.45, 2.75) is 26.7 Å². The lowest BCUT2D eigenvalue weighted by atomic mass is 10.0. The van der Waals surface area contributed by atoms with Gasteiger partial charge in [-0.2, -0.15) is 0 Å². The van der Waals surface area contributed by atoms with Gasteiger partial charge in [0.25, 0.3) is 0 Å². The van der Waals surface area contributed by atoms with Gasteiger partial charge in [0.2, 0.25) is 5.88 Å². The number of carbonyl (C=O) groups excluding carboxylic acids is 1. The number of hydrogen-bond donors (Lipinski definition) is 2. The van der Waals surface area contributed by atoms with Gasteiger partial charge in [-0.25, -0.2) is 4.79 Å². The number of furan rings is 1. The summed E-state index contributed by atoms with van der Waals surface area (Å²) < 4.78 is 11.4. The van der Waals surface area contributed by atoms with Crippen LogP contribution in [0.25, 0.3) is 22.1 Å². The van der Waals surface area contributed by atoms with E-state index in [0.29, 0.717) is 27.8 Å². The normalized spacial score (nSPS) is 10.9. The summed E-state index contributed by atoms with van der Waals surface area (Å²) in [7, 11) is 1.61. The molecule has 0 fully saturated rings. The van der Waals surface area contributed by atoms with Crippen LogP contribution >= 0.6 is 11.6 Å². The van der Waals surface area contributed by atoms with Gasteiger partial charge in [0, 0.05) is 21.7 Å². The molecule has 4 rings (SSSR count). The Morgan fingerprint density at radius 3 is 2.34 bits per heavy atom. The smallest absolute Gasteiger partial charge is 0.326 e. The molecular weight excluding hydrogens is 424 g/mol. The number of carbonyl (C=O) groups is 1. The lowest BCUT2D eigenvalue weighted by Gasteiger charge is -2.15. The molecule has 0 atom stereocenters. The second kappa shape index (κ2) is 9.37. The van der Waals surface area contributed by atoms with Crippen molar-refractivity contribution >= 4 is 40.2 Å². The number of fused-ring (bicyclic) bond motifs is 1. The molecule has 164 valence electrons. The molecule has 0 aliphatic carbocycles. The zero-order valence-corrected chi connectivity index (χ0v) is 19.0. The fourth-order valence-electron chi connectivity index (χ4n) is 3.87. The first-order valence-corrected chi connectivity index (χ1v) is 11.0. The van der Waals surface area contributed by atoms with E-state index in [9.17, 15) is 4.79 Å². The molecule has 0 saturated carbocycles. The van der Waals surface area contributed by atoms with Gasteiger partial charge in [0.1, 0.15) is 11.3 Å². The average Bonchev–Trinajstić information content (AvgIpc) is 3.15. The third-order valence-corrected chi connectivity index (χ3v) is 5.83. The van der Waals surface area contributed by atoms with E-state index in [0.717, 1.165) is 40.6 Å². The number of anilines is 2. The van der Waals surface area contributed by atoms with E-state index in [2.05, 4.69) is 24.5 Å². The first kappa shape index (κ1) is 21.8. The summed E-state index contributed by atoms with van der Waals surface area (Å²) in [4.78, 5) is 13.0. The molecule has 0 unspecified atom stereocenters. The van der Waals surface area contributed by atoms with Crippen LogP contribution in [0.1, 0.15) is 25.0 Å². The van der Waals surface area contributed by atoms with Crippen molar-refractivity contribution in [3.05, 3.63) is 76.8 Å². The minimum absolute atomic E-state index is 0.325. The van der Waals surface area contributed by atoms with Crippen LogP contribution in [-0.4, -0.2) is 13.1 Å². The van der Waals surface area contributed by atoms with Crippen LogP contribution in [0.15, 0.2) is 65.1 Å². The van der Waals surface area contributed by atoms with Gasteiger partial charge in [-0.05, 0) is 48.2 Å². The fourth-order valence-corrected chi connectivity index (χ4v) is 4.10. The molecule has 0 radical (unpaired) electrons. The topological polar surface area (TPSA) is 63.5 Å². The van der Waals surface area contributed by atoms with Crippen LogP contribution in [0.4, 0.5) is 16.4 Å². The van der Waals surface area contributed by atoms with E-state index in [1.807, 2.05) is 60.7 Å². The van der Waals surface area contributed by atoms with Crippen molar-refractivity contribution in [1.29, 1.82) is 0 Å². The lowest BCUT2D eigenvalue weighted by Crippen LogP contribution is -2.21. The van der Waals surface area contributed by atoms with Crippen LogP contribution in [0.2, 0.25) is 5.02 Å². The monoisotopic (exact) mass is 448 g/mol. The Labute approximate surface area is 192 Å². The maximum Gasteiger partial charge on any atom is 0.326 e. The Morgan fingerprint density at radius 1 is 0.969 bits per heavy atom. The van der Waals surface area contributed by atoms with Crippen molar-refractivity contribution in [2.24, 2.45) is 0 Å². The Bertz CT molecular complexity index is 1260. The van der Waals surface area contributed by atoms with Gasteiger partial charge in [-0.3, -0.25) is 5.32 Å². The highest BCUT2D eigenvalue weighted by atomic mass is 35.5. The lowest BCUT2D eigenvalue weighted by molar-refractivity contribution is 0.261. The predicted octanol–water partition coefficient (Wildman–Crippen LogP) is 7.53. The number of ether oxygens (including phenoxy) is 1. The Hall–Kier alpha value is -3.44. The molecule has 0 aliphatic rings. The summed E-state index contributed by atoms with van der Waals surface area (Å²) in [5.41, 5.74) is 5.10. The molecule has 0 spiro atoms. The van der Waals surface area contributed by atoms with Gasteiger partial charge >= 0.3 is 6.03 Å². The summed E-state index contributed by atoms with van der Waals surface area (Å²) in [6, 6.07) is 18.7. The molecule has 4 aromatic rings. The highest BCUT2D eigenvalue weighted by Gasteiger charge is 2.21. The quantitative estimate of drug-likeness (QED) is 0.320. The molecule has 2 amide bonds. The first-order valence-electron chi connectivity index (χ1n) is 10.6. The Kier molecular flexibility index (Phi) is 6.37. The number of para-hydroxylation sites is 1. The summed E-state index contributed by atoms with van der Waals surface area (Å²) in [5.74, 6) is 1.01. The molecule has 2 N–H and O–H groups in total. The molecular formula is C26H25ClN2O3. The highest BCUT2D eigenvalue weighted by Crippen LogP contribution is 2.42. The number of methoxy groups -OCH3 is 1. The fraction of sp³-hybridized carbons (Fsp3) is 0.192. The van der Waals surface area contributed by atoms with E-state index in [4.69, 9.17) is 20.8 Å². The summed E-state index contributed by atoms with van der Waals surface area (Å²) in [5, 5.41) is 7.28. The van der Waals surface area contributed by atoms with Crippen molar-refractivity contribution in [1.82, 2.24) is 0 Å². The molecule has 5 nitrogen and oxygen atoms in total. The molecule has 0 bridgehead atoms. The van der Waals surface area contributed by atoms with Crippen LogP contribution in [0.5, 0.6) is 5.75 Å². The third-order valence-electron chi connectivity index (χ3n) is 5.50. The Morgan fingerprint density at radius 2 is 1.69 bits per heavy atom. The Balaban J connectivity index is 1.76. The van der Waals surface area contributed by atoms with Crippen molar-refractivity contribution < 1.29 is 13.9 Å². The molecule has 1 heterocycles. The van der Waals surface area contributed by atoms with E-state index in [1.54, 1.807) is 7.11 Å². The summed E-state index contributed by atoms with van der Waals surface area (Å²) in [6.45, 7) is 4.14. The minimum atomic E-state index is -0.375. The average molecular weight is 449 g/mol. The van der Waals surface area contributed by atoms with Crippen LogP contribution < -0.4 is 15.4 Å². The molecule has 1 aromatic heterocycles. The third kappa shape index (κ3) is 4.16. The molecule has 6 heteroatoms. The number of aryl methyl sites for hydroxylation is 2. The van der Waals surface area contributed by atoms with E-state index >= 15 is 0 Å². The zero-order valence-electron chi connectivity index (χ0n) is 18.3. The molecule has 0 aliphatic heterocycles. The van der Waals surface area contributed by atoms with Crippen molar-refractivity contribution in [3.8, 4) is 16.9 Å². The SMILES string of the molecule is CCc1cccc(CC)c1NC(=O)Nc1oc2ccc(OC)cc2c1-c1ccccc1Cl. The summed E-state index contributed by atoms with van der Waals surface area (Å²) in [6.07, 6.45) is 1.64. The largest absolute Gasteiger partial charge is 0.497 e. The number of amides is 2. The number of nitrogens with one attached hydrogen (secondary N) is 2. The van der Waals surface area contributed by atoms with E-state index in [1.165, 1.54) is 0 Å². The predicted molar refractivity (Wildman–Crippen MR) is 131 cm³/mol. The van der Waals surface area contributed by atoms with Gasteiger partial charge < -0.3 is 14.5 Å².